The molecule has 0 fully saturated rings. The zero-order valence-corrected chi connectivity index (χ0v) is 9.85. The summed E-state index contributed by atoms with van der Waals surface area (Å²) in [4.78, 5) is 10.7. The van der Waals surface area contributed by atoms with Crippen LogP contribution >= 0.6 is 0 Å². The minimum Gasteiger partial charge on any atom is -0.478 e. The molecule has 0 saturated carbocycles. The van der Waals surface area contributed by atoms with Gasteiger partial charge in [-0.1, -0.05) is 18.9 Å². The number of anilines is 1. The maximum Gasteiger partial charge on any atom is 0.335 e. The van der Waals surface area contributed by atoms with Crippen LogP contribution in [0.4, 0.5) is 5.69 Å². The number of carboxylic acids is 1. The van der Waals surface area contributed by atoms with Crippen LogP contribution in [0, 0.1) is 0 Å². The smallest absolute Gasteiger partial charge is 0.335 e. The summed E-state index contributed by atoms with van der Waals surface area (Å²) >= 11 is 0. The van der Waals surface area contributed by atoms with Gasteiger partial charge in [0, 0.05) is 18.8 Å². The van der Waals surface area contributed by atoms with Gasteiger partial charge in [-0.05, 0) is 31.0 Å². The monoisotopic (exact) mass is 237 g/mol. The first-order chi connectivity index (χ1) is 8.24. The van der Waals surface area contributed by atoms with Crippen molar-refractivity contribution in [3.63, 3.8) is 0 Å². The van der Waals surface area contributed by atoms with E-state index < -0.39 is 5.97 Å². The van der Waals surface area contributed by atoms with Gasteiger partial charge in [-0.15, -0.1) is 0 Å². The molecule has 4 nitrogen and oxygen atoms in total. The number of aromatic carboxylic acids is 1. The van der Waals surface area contributed by atoms with Crippen LogP contribution in [-0.2, 0) is 0 Å². The molecule has 0 amide bonds. The number of hydrogen-bond donors (Lipinski definition) is 3. The summed E-state index contributed by atoms with van der Waals surface area (Å²) in [7, 11) is 0. The van der Waals surface area contributed by atoms with Crippen LogP contribution in [-0.4, -0.2) is 29.3 Å². The lowest BCUT2D eigenvalue weighted by atomic mass is 10.2. The van der Waals surface area contributed by atoms with Crippen LogP contribution in [0.2, 0.25) is 0 Å². The topological polar surface area (TPSA) is 69.6 Å². The summed E-state index contributed by atoms with van der Waals surface area (Å²) in [5.41, 5.74) is 1.14. The third-order valence-electron chi connectivity index (χ3n) is 2.52. The molecule has 17 heavy (non-hydrogen) atoms. The second-order valence-electron chi connectivity index (χ2n) is 3.95. The van der Waals surface area contributed by atoms with Crippen molar-refractivity contribution in [1.29, 1.82) is 0 Å². The third-order valence-corrected chi connectivity index (χ3v) is 2.52. The summed E-state index contributed by atoms with van der Waals surface area (Å²) in [6, 6.07) is 6.81. The van der Waals surface area contributed by atoms with Gasteiger partial charge in [0.1, 0.15) is 0 Å². The van der Waals surface area contributed by atoms with E-state index in [0.717, 1.165) is 37.9 Å². The molecular weight excluding hydrogens is 218 g/mol. The first kappa shape index (κ1) is 13.5. The Labute approximate surface area is 101 Å². The Balaban J connectivity index is 2.27. The highest BCUT2D eigenvalue weighted by atomic mass is 16.4. The van der Waals surface area contributed by atoms with Gasteiger partial charge < -0.3 is 15.5 Å². The number of rotatable bonds is 8. The molecule has 0 bridgehead atoms. The molecule has 0 spiro atoms. The molecule has 1 aromatic rings. The van der Waals surface area contributed by atoms with E-state index in [1.54, 1.807) is 18.2 Å². The summed E-state index contributed by atoms with van der Waals surface area (Å²) in [5, 5.41) is 20.6. The number of carboxylic acid groups (broad SMARTS) is 1. The SMILES string of the molecule is O=C(O)c1cccc(NCCCCCCO)c1. The highest BCUT2D eigenvalue weighted by molar-refractivity contribution is 5.88. The predicted octanol–water partition coefficient (Wildman–Crippen LogP) is 2.35. The van der Waals surface area contributed by atoms with Crippen molar-refractivity contribution in [2.75, 3.05) is 18.5 Å². The first-order valence-electron chi connectivity index (χ1n) is 5.92. The van der Waals surface area contributed by atoms with Crippen molar-refractivity contribution in [3.8, 4) is 0 Å². The van der Waals surface area contributed by atoms with Crippen LogP contribution in [0.5, 0.6) is 0 Å². The summed E-state index contributed by atoms with van der Waals surface area (Å²) in [5.74, 6) is -0.906. The lowest BCUT2D eigenvalue weighted by Crippen LogP contribution is -2.03. The number of hydrogen-bond acceptors (Lipinski definition) is 3. The van der Waals surface area contributed by atoms with Crippen LogP contribution in [0.3, 0.4) is 0 Å². The van der Waals surface area contributed by atoms with E-state index in [1.807, 2.05) is 6.07 Å². The first-order valence-corrected chi connectivity index (χ1v) is 5.92. The van der Waals surface area contributed by atoms with Crippen molar-refractivity contribution >= 4 is 11.7 Å². The molecule has 0 aromatic heterocycles. The Hall–Kier alpha value is -1.55. The molecule has 0 aliphatic rings. The molecule has 0 aliphatic carbocycles. The maximum absolute atomic E-state index is 10.7. The average molecular weight is 237 g/mol. The second-order valence-corrected chi connectivity index (χ2v) is 3.95. The van der Waals surface area contributed by atoms with Crippen LogP contribution in [0.25, 0.3) is 0 Å². The zero-order valence-electron chi connectivity index (χ0n) is 9.85. The van der Waals surface area contributed by atoms with Gasteiger partial charge in [-0.3, -0.25) is 0 Å². The van der Waals surface area contributed by atoms with E-state index in [4.69, 9.17) is 10.2 Å². The van der Waals surface area contributed by atoms with Gasteiger partial charge in [0.25, 0.3) is 0 Å². The minimum atomic E-state index is -0.906. The number of aliphatic hydroxyl groups is 1. The van der Waals surface area contributed by atoms with Crippen LogP contribution < -0.4 is 5.32 Å². The normalized spacial score (nSPS) is 10.2. The zero-order chi connectivity index (χ0) is 12.5. The number of unbranched alkanes of at least 4 members (excludes halogenated alkanes) is 3. The molecule has 1 aromatic carbocycles. The van der Waals surface area contributed by atoms with Gasteiger partial charge in [-0.2, -0.15) is 0 Å². The molecule has 0 atom stereocenters. The van der Waals surface area contributed by atoms with Crippen LogP contribution in [0.15, 0.2) is 24.3 Å². The average Bonchev–Trinajstić information content (AvgIpc) is 2.34. The van der Waals surface area contributed by atoms with Crippen molar-refractivity contribution in [2.24, 2.45) is 0 Å². The van der Waals surface area contributed by atoms with Crippen molar-refractivity contribution in [1.82, 2.24) is 0 Å². The molecule has 1 rings (SSSR count). The van der Waals surface area contributed by atoms with Gasteiger partial charge in [0.15, 0.2) is 0 Å². The van der Waals surface area contributed by atoms with Crippen LogP contribution in [0.1, 0.15) is 36.0 Å². The fourth-order valence-corrected chi connectivity index (χ4v) is 1.59. The summed E-state index contributed by atoms with van der Waals surface area (Å²) < 4.78 is 0. The Bertz CT molecular complexity index is 352. The van der Waals surface area contributed by atoms with Gasteiger partial charge >= 0.3 is 5.97 Å². The number of carbonyl (C=O) groups is 1. The second kappa shape index (κ2) is 7.68. The van der Waals surface area contributed by atoms with E-state index >= 15 is 0 Å². The fourth-order valence-electron chi connectivity index (χ4n) is 1.59. The minimum absolute atomic E-state index is 0.258. The van der Waals surface area contributed by atoms with E-state index in [9.17, 15) is 4.79 Å². The summed E-state index contributed by atoms with van der Waals surface area (Å²) in [6.07, 6.45) is 3.99. The molecule has 0 aliphatic heterocycles. The van der Waals surface area contributed by atoms with Crippen molar-refractivity contribution < 1.29 is 15.0 Å². The Morgan fingerprint density at radius 3 is 2.65 bits per heavy atom. The van der Waals surface area contributed by atoms with E-state index in [-0.39, 0.29) is 6.61 Å². The third kappa shape index (κ3) is 5.36. The fraction of sp³-hybridized carbons (Fsp3) is 0.462. The lowest BCUT2D eigenvalue weighted by Gasteiger charge is -2.06. The summed E-state index contributed by atoms with van der Waals surface area (Å²) in [6.45, 7) is 1.09. The molecule has 4 heteroatoms. The lowest BCUT2D eigenvalue weighted by molar-refractivity contribution is 0.0697. The standard InChI is InChI=1S/C13H19NO3/c15-9-4-2-1-3-8-14-12-7-5-6-11(10-12)13(16)17/h5-7,10,14-15H,1-4,8-9H2,(H,16,17). The maximum atomic E-state index is 10.7. The van der Waals surface area contributed by atoms with Crippen molar-refractivity contribution in [3.05, 3.63) is 29.8 Å². The highest BCUT2D eigenvalue weighted by Crippen LogP contribution is 2.11. The molecule has 0 heterocycles. The molecule has 0 saturated heterocycles. The number of benzene rings is 1. The van der Waals surface area contributed by atoms with E-state index in [2.05, 4.69) is 5.32 Å². The largest absolute Gasteiger partial charge is 0.478 e. The van der Waals surface area contributed by atoms with Crippen molar-refractivity contribution in [2.45, 2.75) is 25.7 Å². The van der Waals surface area contributed by atoms with E-state index in [0.29, 0.717) is 5.56 Å². The van der Waals surface area contributed by atoms with Gasteiger partial charge in [-0.25, -0.2) is 4.79 Å². The quantitative estimate of drug-likeness (QED) is 0.607. The molecule has 0 unspecified atom stereocenters. The highest BCUT2D eigenvalue weighted by Gasteiger charge is 2.02. The predicted molar refractivity (Wildman–Crippen MR) is 67.4 cm³/mol. The molecule has 94 valence electrons. The molecule has 3 N–H and O–H groups in total. The molecular formula is C13H19NO3. The Morgan fingerprint density at radius 1 is 1.18 bits per heavy atom. The Morgan fingerprint density at radius 2 is 1.94 bits per heavy atom. The van der Waals surface area contributed by atoms with Gasteiger partial charge in [0.05, 0.1) is 5.56 Å². The number of aliphatic hydroxyl groups excluding tert-OH is 1. The number of nitrogens with one attached hydrogen (secondary N) is 1. The molecule has 0 radical (unpaired) electrons. The Kier molecular flexibility index (Phi) is 6.10. The van der Waals surface area contributed by atoms with Gasteiger partial charge in [0.2, 0.25) is 0 Å². The van der Waals surface area contributed by atoms with E-state index in [1.165, 1.54) is 0 Å².